The Balaban J connectivity index is 3.31. The Labute approximate surface area is 115 Å². The van der Waals surface area contributed by atoms with E-state index in [1.807, 2.05) is 0 Å². The first kappa shape index (κ1) is 15.3. The van der Waals surface area contributed by atoms with E-state index in [4.69, 9.17) is 11.5 Å². The van der Waals surface area contributed by atoms with Gasteiger partial charge in [0.1, 0.15) is 22.3 Å². The summed E-state index contributed by atoms with van der Waals surface area (Å²) < 4.78 is 28.0. The monoisotopic (exact) mass is 287 g/mol. The Morgan fingerprint density at radius 1 is 1.32 bits per heavy atom. The lowest BCUT2D eigenvalue weighted by Gasteiger charge is -2.28. The maximum absolute atomic E-state index is 14.0. The summed E-state index contributed by atoms with van der Waals surface area (Å²) in [6.45, 7) is 3.12. The molecule has 0 fully saturated rings. The van der Waals surface area contributed by atoms with Crippen LogP contribution in [-0.4, -0.2) is 23.5 Å². The molecule has 4 N–H and O–H groups in total. The molecule has 0 unspecified atom stereocenters. The predicted molar refractivity (Wildman–Crippen MR) is 73.9 cm³/mol. The van der Waals surface area contributed by atoms with Gasteiger partial charge in [-0.05, 0) is 26.0 Å². The Kier molecular flexibility index (Phi) is 4.77. The molecule has 104 valence electrons. The fraction of sp³-hybridized carbons (Fsp3) is 0.333. The van der Waals surface area contributed by atoms with Gasteiger partial charge in [0.15, 0.2) is 0 Å². The zero-order valence-electron chi connectivity index (χ0n) is 10.6. The van der Waals surface area contributed by atoms with E-state index in [0.29, 0.717) is 0 Å². The summed E-state index contributed by atoms with van der Waals surface area (Å²) in [5.74, 6) is -2.35. The topological polar surface area (TPSA) is 72.3 Å². The van der Waals surface area contributed by atoms with Crippen molar-refractivity contribution in [2.75, 3.05) is 11.4 Å². The second-order valence-electron chi connectivity index (χ2n) is 4.34. The van der Waals surface area contributed by atoms with Gasteiger partial charge in [-0.3, -0.25) is 4.79 Å². The van der Waals surface area contributed by atoms with Crippen molar-refractivity contribution < 1.29 is 13.6 Å². The van der Waals surface area contributed by atoms with Gasteiger partial charge in [0.05, 0.1) is 6.54 Å². The third-order valence-electron chi connectivity index (χ3n) is 2.54. The normalized spacial score (nSPS) is 10.6. The van der Waals surface area contributed by atoms with Crippen molar-refractivity contribution in [1.82, 2.24) is 0 Å². The first-order valence-electron chi connectivity index (χ1n) is 5.57. The van der Waals surface area contributed by atoms with Crippen LogP contribution < -0.4 is 16.4 Å². The summed E-state index contributed by atoms with van der Waals surface area (Å²) in [5, 5.41) is 0. The smallest absolute Gasteiger partial charge is 0.236 e. The number of nitrogens with zero attached hydrogens (tertiary/aromatic N) is 1. The van der Waals surface area contributed by atoms with E-state index < -0.39 is 17.5 Å². The van der Waals surface area contributed by atoms with Crippen LogP contribution in [0.2, 0.25) is 0 Å². The molecule has 0 aliphatic carbocycles. The fourth-order valence-corrected chi connectivity index (χ4v) is 1.79. The van der Waals surface area contributed by atoms with E-state index in [0.717, 1.165) is 12.1 Å². The zero-order chi connectivity index (χ0) is 14.7. The van der Waals surface area contributed by atoms with Crippen molar-refractivity contribution in [1.29, 1.82) is 0 Å². The molecule has 0 aromatic heterocycles. The van der Waals surface area contributed by atoms with Crippen molar-refractivity contribution in [2.45, 2.75) is 19.9 Å². The lowest BCUT2D eigenvalue weighted by Crippen LogP contribution is -2.39. The first-order valence-corrected chi connectivity index (χ1v) is 5.98. The molecular formula is C12H15F2N3OS. The molecule has 1 aromatic rings. The summed E-state index contributed by atoms with van der Waals surface area (Å²) in [6.07, 6.45) is 0. The number of amides is 1. The molecule has 0 atom stereocenters. The quantitative estimate of drug-likeness (QED) is 0.801. The van der Waals surface area contributed by atoms with Gasteiger partial charge in [0.25, 0.3) is 0 Å². The molecule has 0 radical (unpaired) electrons. The highest BCUT2D eigenvalue weighted by atomic mass is 32.1. The third-order valence-corrected chi connectivity index (χ3v) is 2.77. The van der Waals surface area contributed by atoms with Gasteiger partial charge in [-0.15, -0.1) is 0 Å². The number of nitrogens with two attached hydrogens (primary N) is 2. The molecule has 4 nitrogen and oxygen atoms in total. The van der Waals surface area contributed by atoms with Gasteiger partial charge in [0, 0.05) is 11.6 Å². The molecule has 0 saturated heterocycles. The molecule has 0 spiro atoms. The summed E-state index contributed by atoms with van der Waals surface area (Å²) in [5.41, 5.74) is 10.2. The van der Waals surface area contributed by atoms with Crippen LogP contribution in [0.5, 0.6) is 0 Å². The number of benzene rings is 1. The molecule has 1 rings (SSSR count). The van der Waals surface area contributed by atoms with Crippen LogP contribution in [0, 0.1) is 11.6 Å². The van der Waals surface area contributed by atoms with Crippen LogP contribution in [0.4, 0.5) is 14.5 Å². The minimum atomic E-state index is -0.835. The molecule has 0 saturated carbocycles. The second-order valence-corrected chi connectivity index (χ2v) is 4.78. The average molecular weight is 287 g/mol. The molecule has 0 heterocycles. The minimum absolute atomic E-state index is 0.0940. The van der Waals surface area contributed by atoms with Crippen LogP contribution in [-0.2, 0) is 4.79 Å². The van der Waals surface area contributed by atoms with E-state index in [2.05, 4.69) is 12.2 Å². The number of carbonyl (C=O) groups excluding carboxylic acids is 1. The van der Waals surface area contributed by atoms with Gasteiger partial charge < -0.3 is 16.4 Å². The Bertz CT molecular complexity index is 497. The van der Waals surface area contributed by atoms with Gasteiger partial charge in [-0.2, -0.15) is 0 Å². The fourth-order valence-electron chi connectivity index (χ4n) is 1.67. The Hall–Kier alpha value is -1.76. The molecule has 1 amide bonds. The van der Waals surface area contributed by atoms with Crippen LogP contribution in [0.15, 0.2) is 12.1 Å². The van der Waals surface area contributed by atoms with Crippen molar-refractivity contribution >= 4 is 28.8 Å². The largest absolute Gasteiger partial charge is 0.389 e. The Morgan fingerprint density at radius 3 is 2.11 bits per heavy atom. The van der Waals surface area contributed by atoms with Crippen molar-refractivity contribution in [3.05, 3.63) is 29.3 Å². The molecule has 0 bridgehead atoms. The summed E-state index contributed by atoms with van der Waals surface area (Å²) >= 11 is 4.67. The third kappa shape index (κ3) is 3.60. The van der Waals surface area contributed by atoms with Gasteiger partial charge in [-0.1, -0.05) is 12.2 Å². The average Bonchev–Trinajstić information content (AvgIpc) is 2.25. The van der Waals surface area contributed by atoms with Gasteiger partial charge in [-0.25, -0.2) is 8.78 Å². The maximum atomic E-state index is 14.0. The van der Waals surface area contributed by atoms with Crippen LogP contribution >= 0.6 is 12.2 Å². The van der Waals surface area contributed by atoms with Crippen LogP contribution in [0.25, 0.3) is 0 Å². The van der Waals surface area contributed by atoms with E-state index >= 15 is 0 Å². The summed E-state index contributed by atoms with van der Waals surface area (Å²) in [7, 11) is 0. The number of carbonyl (C=O) groups is 1. The highest BCUT2D eigenvalue weighted by molar-refractivity contribution is 7.80. The van der Waals surface area contributed by atoms with Crippen LogP contribution in [0.1, 0.15) is 19.4 Å². The molecular weight excluding hydrogens is 272 g/mol. The second kappa shape index (κ2) is 5.92. The van der Waals surface area contributed by atoms with E-state index in [1.165, 1.54) is 4.90 Å². The lowest BCUT2D eigenvalue weighted by atomic mass is 10.1. The minimum Gasteiger partial charge on any atom is -0.389 e. The molecule has 1 aromatic carbocycles. The van der Waals surface area contributed by atoms with Gasteiger partial charge in [0.2, 0.25) is 5.91 Å². The predicted octanol–water partition coefficient (Wildman–Crippen LogP) is 1.30. The van der Waals surface area contributed by atoms with E-state index in [-0.39, 0.29) is 28.8 Å². The number of anilines is 1. The molecule has 7 heteroatoms. The SMILES string of the molecule is CC(C)N(CC(N)=O)c1c(F)cc(C(N)=S)cc1F. The Morgan fingerprint density at radius 2 is 1.79 bits per heavy atom. The maximum Gasteiger partial charge on any atom is 0.236 e. The highest BCUT2D eigenvalue weighted by Crippen LogP contribution is 2.26. The lowest BCUT2D eigenvalue weighted by molar-refractivity contribution is -0.116. The number of hydrogen-bond acceptors (Lipinski definition) is 3. The zero-order valence-corrected chi connectivity index (χ0v) is 11.4. The van der Waals surface area contributed by atoms with Crippen molar-refractivity contribution in [3.63, 3.8) is 0 Å². The summed E-state index contributed by atoms with van der Waals surface area (Å²) in [4.78, 5) is 12.1. The number of primary amides is 1. The van der Waals surface area contributed by atoms with E-state index in [1.54, 1.807) is 13.8 Å². The van der Waals surface area contributed by atoms with Crippen molar-refractivity contribution in [2.24, 2.45) is 11.5 Å². The number of halogens is 2. The number of thiocarbonyl (C=S) groups is 1. The first-order chi connectivity index (χ1) is 8.73. The van der Waals surface area contributed by atoms with E-state index in [9.17, 15) is 13.6 Å². The highest BCUT2D eigenvalue weighted by Gasteiger charge is 2.22. The summed E-state index contributed by atoms with van der Waals surface area (Å²) in [6, 6.07) is 1.78. The van der Waals surface area contributed by atoms with Crippen molar-refractivity contribution in [3.8, 4) is 0 Å². The molecule has 0 aliphatic rings. The number of rotatable bonds is 5. The van der Waals surface area contributed by atoms with Gasteiger partial charge >= 0.3 is 0 Å². The molecule has 0 aliphatic heterocycles. The van der Waals surface area contributed by atoms with Crippen LogP contribution in [0.3, 0.4) is 0 Å². The number of hydrogen-bond donors (Lipinski definition) is 2. The molecule has 19 heavy (non-hydrogen) atoms. The standard InChI is InChI=1S/C12H15F2N3OS/c1-6(2)17(5-10(15)18)11-8(13)3-7(12(16)19)4-9(11)14/h3-4,6H,5H2,1-2H3,(H2,15,18)(H2,16,19).